The Morgan fingerprint density at radius 3 is 1.83 bits per heavy atom. The van der Waals surface area contributed by atoms with E-state index >= 15 is 0 Å². The molecule has 1 aliphatic rings. The molecule has 0 saturated carbocycles. The lowest BCUT2D eigenvalue weighted by molar-refractivity contribution is -0.137. The quantitative estimate of drug-likeness (QED) is 0.574. The lowest BCUT2D eigenvalue weighted by Gasteiger charge is -2.13. The van der Waals surface area contributed by atoms with Crippen molar-refractivity contribution in [2.45, 2.75) is 57.3 Å². The summed E-state index contributed by atoms with van der Waals surface area (Å²) in [6.45, 7) is 0. The Bertz CT molecular complexity index is 644. The summed E-state index contributed by atoms with van der Waals surface area (Å²) in [6, 6.07) is 17.6. The molecule has 2 heteroatoms. The van der Waals surface area contributed by atoms with Gasteiger partial charge in [0.25, 0.3) is 0 Å². The number of hydrogen-bond acceptors (Lipinski definition) is 1. The molecule has 0 amide bonds. The van der Waals surface area contributed by atoms with Gasteiger partial charge >= 0.3 is 5.97 Å². The summed E-state index contributed by atoms with van der Waals surface area (Å²) in [4.78, 5) is 10.5. The summed E-state index contributed by atoms with van der Waals surface area (Å²) in [5.74, 6) is -0.127. The van der Waals surface area contributed by atoms with Gasteiger partial charge in [0.05, 0.1) is 0 Å². The Hall–Kier alpha value is -2.09. The van der Waals surface area contributed by atoms with Crippen LogP contribution >= 0.6 is 0 Å². The molecule has 0 heterocycles. The van der Waals surface area contributed by atoms with Crippen molar-refractivity contribution in [2.24, 2.45) is 0 Å². The number of carbonyl (C=O) groups is 1. The minimum atomic E-state index is -0.673. The third-order valence-corrected chi connectivity index (χ3v) is 5.10. The number of fused-ring (bicyclic) bond motifs is 3. The maximum absolute atomic E-state index is 10.5. The molecule has 2 nitrogen and oxygen atoms in total. The first-order valence-electron chi connectivity index (χ1n) is 9.17. The summed E-state index contributed by atoms with van der Waals surface area (Å²) in [5.41, 5.74) is 5.79. The highest BCUT2D eigenvalue weighted by atomic mass is 16.4. The Balaban J connectivity index is 1.48. The number of hydrogen-bond donors (Lipinski definition) is 1. The molecular formula is C22H26O2. The lowest BCUT2D eigenvalue weighted by Crippen LogP contribution is -1.97. The molecule has 0 saturated heterocycles. The molecule has 0 bridgehead atoms. The standard InChI is InChI=1S/C22H26O2/c23-22(24)16-6-4-2-1-3-5-11-17-18-12-7-9-14-20(18)21-15-10-8-13-19(17)21/h7-10,12-15,17H,1-6,11,16H2,(H,23,24). The van der Waals surface area contributed by atoms with E-state index in [0.717, 1.165) is 19.3 Å². The van der Waals surface area contributed by atoms with Crippen LogP contribution in [0.1, 0.15) is 68.4 Å². The third kappa shape index (κ3) is 3.87. The van der Waals surface area contributed by atoms with Crippen LogP contribution in [0.2, 0.25) is 0 Å². The van der Waals surface area contributed by atoms with Gasteiger partial charge in [-0.2, -0.15) is 0 Å². The fraction of sp³-hybridized carbons (Fsp3) is 0.409. The third-order valence-electron chi connectivity index (χ3n) is 5.10. The first kappa shape index (κ1) is 16.8. The van der Waals surface area contributed by atoms with Crippen molar-refractivity contribution in [3.63, 3.8) is 0 Å². The van der Waals surface area contributed by atoms with E-state index in [1.807, 2.05) is 0 Å². The van der Waals surface area contributed by atoms with Gasteiger partial charge in [-0.05, 0) is 35.1 Å². The normalized spacial score (nSPS) is 12.8. The predicted molar refractivity (Wildman–Crippen MR) is 98.3 cm³/mol. The zero-order chi connectivity index (χ0) is 16.8. The van der Waals surface area contributed by atoms with Crippen molar-refractivity contribution < 1.29 is 9.90 Å². The first-order valence-corrected chi connectivity index (χ1v) is 9.17. The van der Waals surface area contributed by atoms with Crippen LogP contribution in [0.4, 0.5) is 0 Å². The number of unbranched alkanes of at least 4 members (excludes halogenated alkanes) is 5. The smallest absolute Gasteiger partial charge is 0.303 e. The number of carboxylic acids is 1. The zero-order valence-electron chi connectivity index (χ0n) is 14.2. The molecule has 0 spiro atoms. The van der Waals surface area contributed by atoms with Gasteiger partial charge in [-0.25, -0.2) is 0 Å². The van der Waals surface area contributed by atoms with Crippen molar-refractivity contribution in [2.75, 3.05) is 0 Å². The minimum Gasteiger partial charge on any atom is -0.481 e. The Labute approximate surface area is 144 Å². The fourth-order valence-corrected chi connectivity index (χ4v) is 3.90. The van der Waals surface area contributed by atoms with E-state index in [1.165, 1.54) is 47.9 Å². The molecule has 126 valence electrons. The van der Waals surface area contributed by atoms with Crippen LogP contribution in [0.25, 0.3) is 11.1 Å². The molecule has 0 aliphatic heterocycles. The molecule has 3 rings (SSSR count). The zero-order valence-corrected chi connectivity index (χ0v) is 14.2. The largest absolute Gasteiger partial charge is 0.481 e. The van der Waals surface area contributed by atoms with E-state index < -0.39 is 5.97 Å². The van der Waals surface area contributed by atoms with E-state index in [0.29, 0.717) is 12.3 Å². The Morgan fingerprint density at radius 1 is 0.750 bits per heavy atom. The van der Waals surface area contributed by atoms with Crippen molar-refractivity contribution in [3.8, 4) is 11.1 Å². The van der Waals surface area contributed by atoms with Gasteiger partial charge in [0.2, 0.25) is 0 Å². The summed E-state index contributed by atoms with van der Waals surface area (Å²) in [5, 5.41) is 8.64. The van der Waals surface area contributed by atoms with Gasteiger partial charge in [0, 0.05) is 12.3 Å². The van der Waals surface area contributed by atoms with Gasteiger partial charge in [-0.3, -0.25) is 4.79 Å². The molecule has 24 heavy (non-hydrogen) atoms. The van der Waals surface area contributed by atoms with E-state index in [4.69, 9.17) is 5.11 Å². The van der Waals surface area contributed by atoms with Crippen LogP contribution in [0.3, 0.4) is 0 Å². The monoisotopic (exact) mass is 322 g/mol. The second-order valence-corrected chi connectivity index (χ2v) is 6.78. The highest BCUT2D eigenvalue weighted by Crippen LogP contribution is 2.46. The molecule has 0 radical (unpaired) electrons. The number of carboxylic acid groups (broad SMARTS) is 1. The topological polar surface area (TPSA) is 37.3 Å². The van der Waals surface area contributed by atoms with Crippen LogP contribution < -0.4 is 0 Å². The van der Waals surface area contributed by atoms with Crippen molar-refractivity contribution in [1.29, 1.82) is 0 Å². The molecule has 0 unspecified atom stereocenters. The minimum absolute atomic E-state index is 0.315. The molecule has 1 N–H and O–H groups in total. The van der Waals surface area contributed by atoms with Crippen molar-refractivity contribution in [3.05, 3.63) is 59.7 Å². The van der Waals surface area contributed by atoms with Gasteiger partial charge in [-0.15, -0.1) is 0 Å². The highest BCUT2D eigenvalue weighted by molar-refractivity contribution is 5.78. The van der Waals surface area contributed by atoms with E-state index in [1.54, 1.807) is 0 Å². The van der Waals surface area contributed by atoms with Crippen LogP contribution in [-0.2, 0) is 4.79 Å². The molecule has 1 aliphatic carbocycles. The van der Waals surface area contributed by atoms with E-state index in [9.17, 15) is 4.79 Å². The molecule has 0 aromatic heterocycles. The van der Waals surface area contributed by atoms with Gasteiger partial charge in [-0.1, -0.05) is 80.6 Å². The van der Waals surface area contributed by atoms with Crippen molar-refractivity contribution >= 4 is 5.97 Å². The molecule has 2 aromatic rings. The van der Waals surface area contributed by atoms with Crippen LogP contribution in [-0.4, -0.2) is 11.1 Å². The summed E-state index contributed by atoms with van der Waals surface area (Å²) in [7, 11) is 0. The average molecular weight is 322 g/mol. The summed E-state index contributed by atoms with van der Waals surface area (Å²) >= 11 is 0. The summed E-state index contributed by atoms with van der Waals surface area (Å²) < 4.78 is 0. The summed E-state index contributed by atoms with van der Waals surface area (Å²) in [6.07, 6.45) is 8.25. The fourth-order valence-electron chi connectivity index (χ4n) is 3.90. The molecular weight excluding hydrogens is 296 g/mol. The number of benzene rings is 2. The van der Waals surface area contributed by atoms with Gasteiger partial charge < -0.3 is 5.11 Å². The molecule has 0 fully saturated rings. The SMILES string of the molecule is O=C(O)CCCCCCCCC1c2ccccc2-c2ccccc21. The van der Waals surface area contributed by atoms with E-state index in [2.05, 4.69) is 48.5 Å². The van der Waals surface area contributed by atoms with Crippen LogP contribution in [0, 0.1) is 0 Å². The maximum Gasteiger partial charge on any atom is 0.303 e. The first-order chi connectivity index (χ1) is 11.8. The van der Waals surface area contributed by atoms with Crippen molar-refractivity contribution in [1.82, 2.24) is 0 Å². The number of aliphatic carboxylic acids is 1. The number of rotatable bonds is 9. The molecule has 0 atom stereocenters. The van der Waals surface area contributed by atoms with Gasteiger partial charge in [0.15, 0.2) is 0 Å². The molecule has 2 aromatic carbocycles. The average Bonchev–Trinajstić information content (AvgIpc) is 2.91. The highest BCUT2D eigenvalue weighted by Gasteiger charge is 2.27. The van der Waals surface area contributed by atoms with Crippen LogP contribution in [0.15, 0.2) is 48.5 Å². The maximum atomic E-state index is 10.5. The van der Waals surface area contributed by atoms with Crippen LogP contribution in [0.5, 0.6) is 0 Å². The lowest BCUT2D eigenvalue weighted by atomic mass is 9.91. The Kier molecular flexibility index (Phi) is 5.68. The second-order valence-electron chi connectivity index (χ2n) is 6.78. The Morgan fingerprint density at radius 2 is 1.25 bits per heavy atom. The van der Waals surface area contributed by atoms with Gasteiger partial charge in [0.1, 0.15) is 0 Å². The predicted octanol–water partition coefficient (Wildman–Crippen LogP) is 6.00. The van der Waals surface area contributed by atoms with E-state index in [-0.39, 0.29) is 0 Å². The second kappa shape index (κ2) is 8.14.